The summed E-state index contributed by atoms with van der Waals surface area (Å²) in [5.74, 6) is -1.55. The van der Waals surface area contributed by atoms with Gasteiger partial charge in [0.2, 0.25) is 0 Å². The minimum absolute atomic E-state index is 0.0386. The summed E-state index contributed by atoms with van der Waals surface area (Å²) in [7, 11) is 3.05. The average Bonchev–Trinajstić information content (AvgIpc) is 2.89. The summed E-state index contributed by atoms with van der Waals surface area (Å²) in [6.07, 6.45) is 0. The zero-order chi connectivity index (χ0) is 25.7. The van der Waals surface area contributed by atoms with Crippen LogP contribution in [0.3, 0.4) is 0 Å². The van der Waals surface area contributed by atoms with E-state index >= 15 is 0 Å². The SMILES string of the molecule is COc1cc(-c2ccc(Nc3ccccc3C(=O)[O-])c(OC)c2)ccc1Nc1ccccc1C(=O)[O-]. The molecule has 0 bridgehead atoms. The lowest BCUT2D eigenvalue weighted by Crippen LogP contribution is -2.23. The highest BCUT2D eigenvalue weighted by molar-refractivity contribution is 5.95. The van der Waals surface area contributed by atoms with Gasteiger partial charge in [0.1, 0.15) is 11.5 Å². The maximum atomic E-state index is 11.4. The highest BCUT2D eigenvalue weighted by atomic mass is 16.5. The number of rotatable bonds is 9. The molecule has 0 unspecified atom stereocenters. The summed E-state index contributed by atoms with van der Waals surface area (Å²) >= 11 is 0. The number of nitrogens with one attached hydrogen (secondary N) is 2. The van der Waals surface area contributed by atoms with Crippen LogP contribution in [0.15, 0.2) is 84.9 Å². The molecule has 182 valence electrons. The smallest absolute Gasteiger partial charge is 0.142 e. The second kappa shape index (κ2) is 10.5. The first kappa shape index (κ1) is 24.2. The number of para-hydroxylation sites is 2. The van der Waals surface area contributed by atoms with Crippen molar-refractivity contribution in [2.75, 3.05) is 24.9 Å². The van der Waals surface area contributed by atoms with Crippen LogP contribution in [0.5, 0.6) is 11.5 Å². The topological polar surface area (TPSA) is 123 Å². The van der Waals surface area contributed by atoms with Gasteiger partial charge < -0.3 is 39.9 Å². The predicted octanol–water partition coefficient (Wildman–Crippen LogP) is 3.59. The quantitative estimate of drug-likeness (QED) is 0.371. The van der Waals surface area contributed by atoms with E-state index in [-0.39, 0.29) is 11.1 Å². The van der Waals surface area contributed by atoms with Crippen molar-refractivity contribution in [3.8, 4) is 22.6 Å². The third-order valence-electron chi connectivity index (χ3n) is 5.57. The summed E-state index contributed by atoms with van der Waals surface area (Å²) in [6, 6.07) is 23.8. The molecule has 4 aromatic rings. The Balaban J connectivity index is 1.64. The summed E-state index contributed by atoms with van der Waals surface area (Å²) in [6.45, 7) is 0. The molecule has 36 heavy (non-hydrogen) atoms. The van der Waals surface area contributed by atoms with Crippen molar-refractivity contribution in [2.45, 2.75) is 0 Å². The Kier molecular flexibility index (Phi) is 7.06. The molecule has 0 saturated carbocycles. The second-order valence-corrected chi connectivity index (χ2v) is 7.75. The maximum Gasteiger partial charge on any atom is 0.142 e. The van der Waals surface area contributed by atoms with Crippen molar-refractivity contribution in [1.82, 2.24) is 0 Å². The fourth-order valence-corrected chi connectivity index (χ4v) is 3.78. The van der Waals surface area contributed by atoms with Crippen LogP contribution < -0.4 is 30.3 Å². The second-order valence-electron chi connectivity index (χ2n) is 7.75. The molecule has 0 heterocycles. The molecule has 0 amide bonds. The number of hydrogen-bond acceptors (Lipinski definition) is 8. The molecule has 0 saturated heterocycles. The van der Waals surface area contributed by atoms with Crippen LogP contribution in [0.25, 0.3) is 11.1 Å². The van der Waals surface area contributed by atoms with E-state index in [1.165, 1.54) is 26.4 Å². The molecule has 0 radical (unpaired) electrons. The molecule has 0 aliphatic heterocycles. The van der Waals surface area contributed by atoms with Gasteiger partial charge in [0, 0.05) is 22.5 Å². The van der Waals surface area contributed by atoms with Gasteiger partial charge in [-0.2, -0.15) is 0 Å². The molecule has 0 aliphatic carbocycles. The van der Waals surface area contributed by atoms with Gasteiger partial charge in [0.05, 0.1) is 37.5 Å². The highest BCUT2D eigenvalue weighted by Gasteiger charge is 2.12. The lowest BCUT2D eigenvalue weighted by molar-refractivity contribution is -0.256. The first-order valence-corrected chi connectivity index (χ1v) is 10.9. The van der Waals surface area contributed by atoms with E-state index in [0.29, 0.717) is 34.2 Å². The molecule has 4 rings (SSSR count). The van der Waals surface area contributed by atoms with E-state index in [1.807, 2.05) is 24.3 Å². The average molecular weight is 482 g/mol. The summed E-state index contributed by atoms with van der Waals surface area (Å²) in [5.41, 5.74) is 3.66. The normalized spacial score (nSPS) is 10.4. The summed E-state index contributed by atoms with van der Waals surface area (Å²) in [5, 5.41) is 29.0. The molecule has 0 spiro atoms. The van der Waals surface area contributed by atoms with Crippen molar-refractivity contribution >= 4 is 34.7 Å². The number of anilines is 4. The fourth-order valence-electron chi connectivity index (χ4n) is 3.78. The third kappa shape index (κ3) is 5.07. The van der Waals surface area contributed by atoms with Crippen LogP contribution in [0, 0.1) is 0 Å². The zero-order valence-corrected chi connectivity index (χ0v) is 19.5. The van der Waals surface area contributed by atoms with E-state index in [2.05, 4.69) is 10.6 Å². The number of carboxylic acid groups (broad SMARTS) is 2. The van der Waals surface area contributed by atoms with Gasteiger partial charge in [-0.1, -0.05) is 48.5 Å². The molecular weight excluding hydrogens is 460 g/mol. The van der Waals surface area contributed by atoms with Crippen LogP contribution in [0.2, 0.25) is 0 Å². The van der Waals surface area contributed by atoms with Crippen molar-refractivity contribution in [1.29, 1.82) is 0 Å². The summed E-state index contributed by atoms with van der Waals surface area (Å²) in [4.78, 5) is 22.9. The van der Waals surface area contributed by atoms with Crippen LogP contribution in [0.1, 0.15) is 20.7 Å². The number of methoxy groups -OCH3 is 2. The Labute approximate surface area is 207 Å². The van der Waals surface area contributed by atoms with E-state index < -0.39 is 11.9 Å². The molecule has 4 aromatic carbocycles. The molecule has 0 aromatic heterocycles. The highest BCUT2D eigenvalue weighted by Crippen LogP contribution is 2.37. The monoisotopic (exact) mass is 482 g/mol. The maximum absolute atomic E-state index is 11.4. The van der Waals surface area contributed by atoms with Crippen LogP contribution in [-0.4, -0.2) is 26.2 Å². The Hall–Kier alpha value is -4.98. The van der Waals surface area contributed by atoms with Crippen molar-refractivity contribution in [3.63, 3.8) is 0 Å². The first-order valence-electron chi connectivity index (χ1n) is 10.9. The molecule has 8 nitrogen and oxygen atoms in total. The predicted molar refractivity (Wildman–Crippen MR) is 133 cm³/mol. The van der Waals surface area contributed by atoms with Gasteiger partial charge in [0.15, 0.2) is 0 Å². The number of carbonyl (C=O) groups excluding carboxylic acids is 2. The zero-order valence-electron chi connectivity index (χ0n) is 19.5. The lowest BCUT2D eigenvalue weighted by atomic mass is 10.0. The molecular formula is C28H22N2O6-2. The number of carboxylic acids is 2. The van der Waals surface area contributed by atoms with E-state index in [1.54, 1.807) is 48.5 Å². The Bertz CT molecular complexity index is 1320. The minimum atomic E-state index is -1.28. The number of hydrogen-bond donors (Lipinski definition) is 2. The number of ether oxygens (including phenoxy) is 2. The van der Waals surface area contributed by atoms with Crippen molar-refractivity contribution in [3.05, 3.63) is 96.1 Å². The fraction of sp³-hybridized carbons (Fsp3) is 0.0714. The molecule has 2 N–H and O–H groups in total. The van der Waals surface area contributed by atoms with E-state index in [9.17, 15) is 19.8 Å². The number of aromatic carboxylic acids is 2. The third-order valence-corrected chi connectivity index (χ3v) is 5.57. The van der Waals surface area contributed by atoms with Gasteiger partial charge in [-0.3, -0.25) is 0 Å². The van der Waals surface area contributed by atoms with E-state index in [0.717, 1.165) is 11.1 Å². The van der Waals surface area contributed by atoms with Gasteiger partial charge in [-0.15, -0.1) is 0 Å². The summed E-state index contributed by atoms with van der Waals surface area (Å²) < 4.78 is 11.1. The molecule has 8 heteroatoms. The molecule has 0 atom stereocenters. The Morgan fingerprint density at radius 2 is 0.972 bits per heavy atom. The first-order chi connectivity index (χ1) is 17.4. The minimum Gasteiger partial charge on any atom is -0.545 e. The molecule has 0 aliphatic rings. The number of benzene rings is 4. The van der Waals surface area contributed by atoms with Crippen LogP contribution in [0.4, 0.5) is 22.7 Å². The van der Waals surface area contributed by atoms with Crippen molar-refractivity contribution < 1.29 is 29.3 Å². The van der Waals surface area contributed by atoms with Gasteiger partial charge in [-0.05, 0) is 47.5 Å². The van der Waals surface area contributed by atoms with E-state index in [4.69, 9.17) is 9.47 Å². The van der Waals surface area contributed by atoms with Gasteiger partial charge in [-0.25, -0.2) is 0 Å². The van der Waals surface area contributed by atoms with Gasteiger partial charge >= 0.3 is 0 Å². The molecule has 0 fully saturated rings. The standard InChI is InChI=1S/C28H24N2O6/c1-35-25-15-17(11-13-23(25)29-21-9-5-3-7-19(21)27(31)32)18-12-14-24(26(16-18)36-2)30-22-10-6-4-8-20(22)28(33)34/h3-16,29-30H,1-2H3,(H,31,32)(H,33,34)/p-2. The van der Waals surface area contributed by atoms with Crippen molar-refractivity contribution in [2.24, 2.45) is 0 Å². The van der Waals surface area contributed by atoms with Gasteiger partial charge in [0.25, 0.3) is 0 Å². The largest absolute Gasteiger partial charge is 0.545 e. The number of carbonyl (C=O) groups is 2. The van der Waals surface area contributed by atoms with Crippen LogP contribution >= 0.6 is 0 Å². The Morgan fingerprint density at radius 3 is 1.33 bits per heavy atom. The lowest BCUT2D eigenvalue weighted by Gasteiger charge is -2.17. The van der Waals surface area contributed by atoms with Crippen LogP contribution in [-0.2, 0) is 0 Å². The Morgan fingerprint density at radius 1 is 0.583 bits per heavy atom.